The highest BCUT2D eigenvalue weighted by Gasteiger charge is 2.21. The van der Waals surface area contributed by atoms with Gasteiger partial charge in [0.05, 0.1) is 9.52 Å². The van der Waals surface area contributed by atoms with E-state index in [1.54, 1.807) is 0 Å². The van der Waals surface area contributed by atoms with Gasteiger partial charge in [0.15, 0.2) is 8.32 Å². The van der Waals surface area contributed by atoms with Crippen LogP contribution in [0.1, 0.15) is 73.1 Å². The maximum atomic E-state index is 5.92. The fourth-order valence-electron chi connectivity index (χ4n) is 4.11. The van der Waals surface area contributed by atoms with Crippen LogP contribution in [0.3, 0.4) is 0 Å². The molecular weight excluding hydrogens is 352 g/mol. The van der Waals surface area contributed by atoms with E-state index in [1.165, 1.54) is 76.8 Å². The fourth-order valence-corrected chi connectivity index (χ4v) is 8.91. The van der Waals surface area contributed by atoms with Crippen molar-refractivity contribution >= 4 is 17.8 Å². The van der Waals surface area contributed by atoms with Gasteiger partial charge in [0.1, 0.15) is 0 Å². The summed E-state index contributed by atoms with van der Waals surface area (Å²) in [4.78, 5) is 5.40. The molecule has 0 bridgehead atoms. The second-order valence-electron chi connectivity index (χ2n) is 8.13. The number of nitrogens with zero attached hydrogens (tertiary/aromatic N) is 2. The van der Waals surface area contributed by atoms with E-state index < -0.39 is 8.32 Å². The minimum Gasteiger partial charge on any atom is -0.418 e. The molecule has 0 saturated heterocycles. The summed E-state index contributed by atoms with van der Waals surface area (Å²) in [5.74, 6) is 0.783. The molecule has 0 aromatic rings. The molecule has 0 rings (SSSR count). The average molecular weight is 403 g/mol. The molecular formula is C21H50N2OSi2. The third-order valence-corrected chi connectivity index (χ3v) is 10.8. The van der Waals surface area contributed by atoms with Crippen LogP contribution in [-0.2, 0) is 4.43 Å². The van der Waals surface area contributed by atoms with Gasteiger partial charge < -0.3 is 4.43 Å². The van der Waals surface area contributed by atoms with Gasteiger partial charge in [0.2, 0.25) is 0 Å². The van der Waals surface area contributed by atoms with Crippen LogP contribution in [0.5, 0.6) is 0 Å². The Balaban J connectivity index is 3.88. The number of hydrogen-bond acceptors (Lipinski definition) is 3. The van der Waals surface area contributed by atoms with Crippen LogP contribution in [0.2, 0.25) is 25.2 Å². The second-order valence-corrected chi connectivity index (χ2v) is 14.5. The molecule has 26 heavy (non-hydrogen) atoms. The number of hydrogen-bond donors (Lipinski definition) is 0. The predicted molar refractivity (Wildman–Crippen MR) is 125 cm³/mol. The lowest BCUT2D eigenvalue weighted by Gasteiger charge is -2.38. The molecule has 3 nitrogen and oxygen atoms in total. The van der Waals surface area contributed by atoms with E-state index in [4.69, 9.17) is 4.43 Å². The lowest BCUT2D eigenvalue weighted by molar-refractivity contribution is 0.114. The quantitative estimate of drug-likeness (QED) is 0.180. The predicted octanol–water partition coefficient (Wildman–Crippen LogP) is 5.12. The van der Waals surface area contributed by atoms with E-state index in [9.17, 15) is 0 Å². The first-order valence-electron chi connectivity index (χ1n) is 11.6. The molecule has 0 amide bonds. The van der Waals surface area contributed by atoms with E-state index in [-0.39, 0.29) is 9.52 Å². The molecule has 0 aromatic carbocycles. The van der Waals surface area contributed by atoms with Gasteiger partial charge in [-0.15, -0.1) is 0 Å². The summed E-state index contributed by atoms with van der Waals surface area (Å²) in [6.07, 6.45) is 8.55. The van der Waals surface area contributed by atoms with Gasteiger partial charge in [-0.25, -0.2) is 0 Å². The Morgan fingerprint density at radius 3 is 1.65 bits per heavy atom. The molecule has 0 saturated carbocycles. The molecule has 5 heteroatoms. The van der Waals surface area contributed by atoms with E-state index in [2.05, 4.69) is 57.5 Å². The fraction of sp³-hybridized carbons (Fsp3) is 1.00. The Hall–Kier alpha value is 0.314. The van der Waals surface area contributed by atoms with Crippen molar-refractivity contribution < 1.29 is 4.43 Å². The summed E-state index contributed by atoms with van der Waals surface area (Å²) >= 11 is 0. The van der Waals surface area contributed by atoms with Gasteiger partial charge in [-0.1, -0.05) is 72.3 Å². The van der Waals surface area contributed by atoms with Gasteiger partial charge in [-0.3, -0.25) is 9.80 Å². The van der Waals surface area contributed by atoms with Crippen LogP contribution in [0.15, 0.2) is 0 Å². The third-order valence-electron chi connectivity index (χ3n) is 5.74. The van der Waals surface area contributed by atoms with Crippen molar-refractivity contribution in [2.24, 2.45) is 0 Å². The molecule has 0 aliphatic rings. The highest BCUT2D eigenvalue weighted by Crippen LogP contribution is 2.17. The smallest absolute Gasteiger partial charge is 0.186 e. The van der Waals surface area contributed by atoms with Crippen molar-refractivity contribution in [1.82, 2.24) is 9.80 Å². The molecule has 158 valence electrons. The normalized spacial score (nSPS) is 13.2. The largest absolute Gasteiger partial charge is 0.418 e. The zero-order valence-electron chi connectivity index (χ0n) is 19.3. The van der Waals surface area contributed by atoms with Crippen molar-refractivity contribution in [2.75, 3.05) is 32.8 Å². The standard InChI is InChI=1S/C21H50N2OSi2/c1-8-22(9-2)21(23(10-3)11-4)25-19-17-15-13-14-16-18-20-26(6,7)24-12-5/h21H,8-20,25H2,1-7H3. The summed E-state index contributed by atoms with van der Waals surface area (Å²) in [5.41, 5.74) is 0. The van der Waals surface area contributed by atoms with Gasteiger partial charge in [0, 0.05) is 12.4 Å². The first-order valence-corrected chi connectivity index (χ1v) is 16.5. The van der Waals surface area contributed by atoms with Crippen molar-refractivity contribution in [3.8, 4) is 0 Å². The maximum absolute atomic E-state index is 5.92. The lowest BCUT2D eigenvalue weighted by Crippen LogP contribution is -2.51. The highest BCUT2D eigenvalue weighted by atomic mass is 28.4. The van der Waals surface area contributed by atoms with Crippen molar-refractivity contribution in [1.29, 1.82) is 0 Å². The molecule has 0 radical (unpaired) electrons. The molecule has 0 aliphatic carbocycles. The zero-order valence-corrected chi connectivity index (χ0v) is 21.7. The third kappa shape index (κ3) is 11.9. The molecule has 0 heterocycles. The summed E-state index contributed by atoms with van der Waals surface area (Å²) in [6, 6.07) is 2.85. The van der Waals surface area contributed by atoms with Crippen LogP contribution in [0.4, 0.5) is 0 Å². The first-order chi connectivity index (χ1) is 12.5. The van der Waals surface area contributed by atoms with Gasteiger partial charge in [-0.2, -0.15) is 0 Å². The number of unbranched alkanes of at least 4 members (excludes halogenated alkanes) is 5. The Kier molecular flexibility index (Phi) is 16.5. The molecule has 0 atom stereocenters. The molecule has 0 spiro atoms. The van der Waals surface area contributed by atoms with Gasteiger partial charge >= 0.3 is 0 Å². The molecule has 0 N–H and O–H groups in total. The first kappa shape index (κ1) is 26.3. The zero-order chi connectivity index (χ0) is 19.8. The molecule has 0 unspecified atom stereocenters. The highest BCUT2D eigenvalue weighted by molar-refractivity contribution is 6.71. The monoisotopic (exact) mass is 402 g/mol. The van der Waals surface area contributed by atoms with Crippen molar-refractivity contribution in [2.45, 2.75) is 104 Å². The van der Waals surface area contributed by atoms with Crippen LogP contribution in [0.25, 0.3) is 0 Å². The summed E-state index contributed by atoms with van der Waals surface area (Å²) in [7, 11) is -1.38. The van der Waals surface area contributed by atoms with Crippen molar-refractivity contribution in [3.05, 3.63) is 0 Å². The Bertz CT molecular complexity index is 296. The van der Waals surface area contributed by atoms with Gasteiger partial charge in [-0.05, 0) is 52.2 Å². The number of rotatable bonds is 18. The lowest BCUT2D eigenvalue weighted by atomic mass is 10.1. The SMILES string of the molecule is CCO[Si](C)(C)CCCCCCCC[SiH2]C(N(CC)CC)N(CC)CC. The molecule has 0 fully saturated rings. The van der Waals surface area contributed by atoms with Gasteiger partial charge in [0.25, 0.3) is 0 Å². The average Bonchev–Trinajstić information content (AvgIpc) is 2.61. The topological polar surface area (TPSA) is 15.7 Å². The Morgan fingerprint density at radius 1 is 0.731 bits per heavy atom. The van der Waals surface area contributed by atoms with Crippen molar-refractivity contribution in [3.63, 3.8) is 0 Å². The van der Waals surface area contributed by atoms with E-state index in [0.717, 1.165) is 12.4 Å². The Labute approximate surface area is 169 Å². The maximum Gasteiger partial charge on any atom is 0.186 e. The summed E-state index contributed by atoms with van der Waals surface area (Å²) in [6.45, 7) is 21.8. The minimum absolute atomic E-state index is 0.0412. The van der Waals surface area contributed by atoms with Crippen LogP contribution < -0.4 is 0 Å². The molecule has 0 aromatic heterocycles. The minimum atomic E-state index is -1.34. The Morgan fingerprint density at radius 2 is 1.19 bits per heavy atom. The van der Waals surface area contributed by atoms with Crippen LogP contribution in [0, 0.1) is 0 Å². The summed E-state index contributed by atoms with van der Waals surface area (Å²) in [5, 5.41) is 0. The summed E-state index contributed by atoms with van der Waals surface area (Å²) < 4.78 is 5.92. The van der Waals surface area contributed by atoms with E-state index in [0.29, 0.717) is 0 Å². The van der Waals surface area contributed by atoms with Crippen LogP contribution >= 0.6 is 0 Å². The van der Waals surface area contributed by atoms with E-state index in [1.807, 2.05) is 0 Å². The second kappa shape index (κ2) is 16.3. The molecule has 0 aliphatic heterocycles. The van der Waals surface area contributed by atoms with E-state index >= 15 is 0 Å². The van der Waals surface area contributed by atoms with Crippen LogP contribution in [-0.4, -0.2) is 66.2 Å².